The maximum absolute atomic E-state index is 10.3. The van der Waals surface area contributed by atoms with Gasteiger partial charge >= 0.3 is 0 Å². The number of allylic oxidation sites excluding steroid dienone is 3. The fourth-order valence-corrected chi connectivity index (χ4v) is 11.9. The molecule has 2 N–H and O–H groups in total. The summed E-state index contributed by atoms with van der Waals surface area (Å²) in [5.41, 5.74) is 10.1. The van der Waals surface area contributed by atoms with Gasteiger partial charge < -0.3 is 10.2 Å². The highest BCUT2D eigenvalue weighted by Gasteiger charge is 2.50. The molecule has 0 aliphatic heterocycles. The summed E-state index contributed by atoms with van der Waals surface area (Å²) < 4.78 is 1.20. The van der Waals surface area contributed by atoms with Crippen LogP contribution >= 0.6 is 15.9 Å². The van der Waals surface area contributed by atoms with E-state index in [4.69, 9.17) is 0 Å². The van der Waals surface area contributed by atoms with Gasteiger partial charge in [-0.1, -0.05) is 115 Å². The molecule has 4 heteroatoms. The van der Waals surface area contributed by atoms with Crippen molar-refractivity contribution in [2.24, 2.45) is 16.7 Å². The highest BCUT2D eigenvalue weighted by molar-refractivity contribution is 9.10. The molecule has 3 aromatic carbocycles. The van der Waals surface area contributed by atoms with Crippen molar-refractivity contribution >= 4 is 40.3 Å². The first kappa shape index (κ1) is 32.0. The SMILES string of the molecule is C=C1C(c2ccc(C)cc2)=C([Si](C)(C)C)C[C@@]2(C)C[C@@H](O)C[C@H]12.Cc1ccc2c(Br)cc3c(c2c1)CC[C@@]1(C)C[C@@H](O)C[C@H]31. The third-order valence-corrected chi connectivity index (χ3v) is 14.6. The van der Waals surface area contributed by atoms with Gasteiger partial charge in [0.1, 0.15) is 0 Å². The molecule has 0 saturated heterocycles. The molecule has 0 bridgehead atoms. The van der Waals surface area contributed by atoms with Crippen LogP contribution in [0.5, 0.6) is 0 Å². The third-order valence-electron chi connectivity index (χ3n) is 11.7. The van der Waals surface area contributed by atoms with Gasteiger partial charge in [0.05, 0.1) is 20.3 Å². The molecule has 3 aromatic rings. The molecule has 2 nitrogen and oxygen atoms in total. The Kier molecular flexibility index (Phi) is 8.26. The second kappa shape index (κ2) is 11.4. The monoisotopic (exact) mass is 670 g/mol. The van der Waals surface area contributed by atoms with Gasteiger partial charge in [-0.2, -0.15) is 0 Å². The van der Waals surface area contributed by atoms with Crippen molar-refractivity contribution < 1.29 is 10.2 Å². The Labute approximate surface area is 274 Å². The van der Waals surface area contributed by atoms with Gasteiger partial charge in [0.2, 0.25) is 0 Å². The van der Waals surface area contributed by atoms with Gasteiger partial charge in [-0.3, -0.25) is 0 Å². The fourth-order valence-electron chi connectivity index (χ4n) is 9.33. The van der Waals surface area contributed by atoms with E-state index in [2.05, 4.69) is 118 Å². The lowest BCUT2D eigenvalue weighted by atomic mass is 9.66. The van der Waals surface area contributed by atoms with Gasteiger partial charge in [-0.05, 0) is 126 Å². The number of hydrogen-bond acceptors (Lipinski definition) is 2. The molecule has 0 amide bonds. The molecular weight excluding hydrogens is 620 g/mol. The van der Waals surface area contributed by atoms with E-state index in [0.29, 0.717) is 11.8 Å². The minimum atomic E-state index is -1.45. The molecule has 0 radical (unpaired) electrons. The molecule has 2 fully saturated rings. The topological polar surface area (TPSA) is 40.5 Å². The number of rotatable bonds is 2. The average Bonchev–Trinajstić information content (AvgIpc) is 3.43. The van der Waals surface area contributed by atoms with Crippen LogP contribution < -0.4 is 0 Å². The largest absolute Gasteiger partial charge is 0.393 e. The lowest BCUT2D eigenvalue weighted by Gasteiger charge is -2.44. The van der Waals surface area contributed by atoms with Crippen molar-refractivity contribution in [2.75, 3.05) is 0 Å². The average molecular weight is 672 g/mol. The molecule has 4 aliphatic carbocycles. The summed E-state index contributed by atoms with van der Waals surface area (Å²) in [6, 6.07) is 18.0. The molecule has 2 saturated carbocycles. The van der Waals surface area contributed by atoms with Crippen LogP contribution in [0.15, 0.2) is 70.4 Å². The summed E-state index contributed by atoms with van der Waals surface area (Å²) >= 11 is 3.77. The van der Waals surface area contributed by atoms with E-state index in [-0.39, 0.29) is 23.0 Å². The zero-order chi connectivity index (χ0) is 31.8. The molecular formula is C40H51BrO2Si. The van der Waals surface area contributed by atoms with Crippen molar-refractivity contribution in [3.05, 3.63) is 98.2 Å². The number of aryl methyl sites for hydroxylation is 3. The first-order valence-corrected chi connectivity index (χ1v) is 21.0. The zero-order valence-corrected chi connectivity index (χ0v) is 30.4. The van der Waals surface area contributed by atoms with Crippen molar-refractivity contribution in [2.45, 2.75) is 110 Å². The standard InChI is InChI=1S/C21H30OSi.C19H21BrO/c1-14-7-9-16(10-8-14)20-15(2)18-11-17(22)12-21(18,3)13-19(20)23(4,5)6;1-11-3-4-14-15(7-11)13-5-6-19(2)10-12(21)8-17(19)16(13)9-18(14)20/h7-10,17-18,22H,2,11-13H2,1,3-6H3;3-4,7,9,12,17,21H,5-6,8,10H2,1-2H3/t17-,18+,21+;12-,17+,19-/m00/s1. The summed E-state index contributed by atoms with van der Waals surface area (Å²) in [6.45, 7) is 20.9. The van der Waals surface area contributed by atoms with Crippen LogP contribution in [0.25, 0.3) is 16.3 Å². The van der Waals surface area contributed by atoms with Crippen LogP contribution in [-0.4, -0.2) is 30.5 Å². The zero-order valence-electron chi connectivity index (χ0n) is 27.9. The molecule has 234 valence electrons. The van der Waals surface area contributed by atoms with Crippen molar-refractivity contribution in [3.63, 3.8) is 0 Å². The Bertz CT molecular complexity index is 1650. The fraction of sp³-hybridized carbons (Fsp3) is 0.500. The summed E-state index contributed by atoms with van der Waals surface area (Å²) in [4.78, 5) is 0. The molecule has 0 spiro atoms. The Morgan fingerprint density at radius 1 is 0.818 bits per heavy atom. The van der Waals surface area contributed by atoms with Crippen LogP contribution in [0.4, 0.5) is 0 Å². The second-order valence-electron chi connectivity index (χ2n) is 16.2. The lowest BCUT2D eigenvalue weighted by Crippen LogP contribution is -2.37. The van der Waals surface area contributed by atoms with E-state index in [1.54, 1.807) is 5.20 Å². The van der Waals surface area contributed by atoms with E-state index in [1.807, 2.05) is 0 Å². The molecule has 0 aromatic heterocycles. The normalized spacial score (nSPS) is 31.4. The van der Waals surface area contributed by atoms with Gasteiger partial charge in [0.15, 0.2) is 0 Å². The highest BCUT2D eigenvalue weighted by atomic mass is 79.9. The van der Waals surface area contributed by atoms with Crippen molar-refractivity contribution in [1.29, 1.82) is 0 Å². The minimum absolute atomic E-state index is 0.127. The third kappa shape index (κ3) is 5.63. The van der Waals surface area contributed by atoms with E-state index in [1.165, 1.54) is 60.6 Å². The minimum Gasteiger partial charge on any atom is -0.393 e. The predicted octanol–water partition coefficient (Wildman–Crippen LogP) is 10.5. The van der Waals surface area contributed by atoms with Crippen molar-refractivity contribution in [1.82, 2.24) is 0 Å². The molecule has 0 unspecified atom stereocenters. The van der Waals surface area contributed by atoms with Crippen LogP contribution in [0.3, 0.4) is 0 Å². The lowest BCUT2D eigenvalue weighted by molar-refractivity contribution is 0.159. The number of aliphatic hydroxyl groups excluding tert-OH is 2. The number of hydrogen-bond donors (Lipinski definition) is 2. The first-order chi connectivity index (χ1) is 20.6. The van der Waals surface area contributed by atoms with Gasteiger partial charge in [0, 0.05) is 4.47 Å². The van der Waals surface area contributed by atoms with Gasteiger partial charge in [0.25, 0.3) is 0 Å². The van der Waals surface area contributed by atoms with Crippen LogP contribution in [0.2, 0.25) is 19.6 Å². The predicted molar refractivity (Wildman–Crippen MR) is 193 cm³/mol. The van der Waals surface area contributed by atoms with Crippen molar-refractivity contribution in [3.8, 4) is 0 Å². The maximum Gasteiger partial charge on any atom is 0.0732 e. The summed E-state index contributed by atoms with van der Waals surface area (Å²) in [7, 11) is -1.45. The van der Waals surface area contributed by atoms with E-state index < -0.39 is 8.07 Å². The Morgan fingerprint density at radius 2 is 1.43 bits per heavy atom. The number of halogens is 1. The Morgan fingerprint density at radius 3 is 2.09 bits per heavy atom. The van der Waals surface area contributed by atoms with Crippen LogP contribution in [0.1, 0.15) is 86.1 Å². The molecule has 6 atom stereocenters. The summed E-state index contributed by atoms with van der Waals surface area (Å²) in [5, 5.41) is 24.8. The molecule has 44 heavy (non-hydrogen) atoms. The molecule has 0 heterocycles. The van der Waals surface area contributed by atoms with E-state index in [9.17, 15) is 10.2 Å². The quantitative estimate of drug-likeness (QED) is 0.266. The van der Waals surface area contributed by atoms with Gasteiger partial charge in [-0.15, -0.1) is 0 Å². The number of fused-ring (bicyclic) bond motifs is 6. The second-order valence-corrected chi connectivity index (χ2v) is 22.2. The smallest absolute Gasteiger partial charge is 0.0732 e. The van der Waals surface area contributed by atoms with E-state index >= 15 is 0 Å². The summed E-state index contributed by atoms with van der Waals surface area (Å²) in [5.74, 6) is 0.936. The van der Waals surface area contributed by atoms with Crippen LogP contribution in [-0.2, 0) is 6.42 Å². The first-order valence-electron chi connectivity index (χ1n) is 16.7. The molecule has 4 aliphatic rings. The molecule has 7 rings (SSSR count). The number of aliphatic hydroxyl groups is 2. The van der Waals surface area contributed by atoms with Crippen LogP contribution in [0, 0.1) is 30.6 Å². The highest BCUT2D eigenvalue weighted by Crippen LogP contribution is 2.59. The summed E-state index contributed by atoms with van der Waals surface area (Å²) in [6.07, 6.45) is 6.87. The maximum atomic E-state index is 10.3. The van der Waals surface area contributed by atoms with E-state index in [0.717, 1.165) is 38.5 Å². The number of benzene rings is 3. The Balaban J connectivity index is 0.000000156. The van der Waals surface area contributed by atoms with Gasteiger partial charge in [-0.25, -0.2) is 0 Å². The Hall–Kier alpha value is -1.98.